The Hall–Kier alpha value is -2.25. The van der Waals surface area contributed by atoms with E-state index in [1.54, 1.807) is 24.3 Å². The Kier molecular flexibility index (Phi) is 7.93. The van der Waals surface area contributed by atoms with Crippen molar-refractivity contribution in [3.63, 3.8) is 0 Å². The molecule has 1 unspecified atom stereocenters. The quantitative estimate of drug-likeness (QED) is 0.592. The van der Waals surface area contributed by atoms with Crippen molar-refractivity contribution in [3.8, 4) is 0 Å². The predicted octanol–water partition coefficient (Wildman–Crippen LogP) is 0.907. The molecule has 126 valence electrons. The normalized spacial score (nSPS) is 13.5. The first-order valence-corrected chi connectivity index (χ1v) is 7.32. The molecule has 1 aromatic rings. The number of benzene rings is 1. The molecule has 0 fully saturated rings. The summed E-state index contributed by atoms with van der Waals surface area (Å²) >= 11 is 0. The van der Waals surface area contributed by atoms with Gasteiger partial charge in [0.25, 0.3) is 0 Å². The highest BCUT2D eigenvalue weighted by molar-refractivity contribution is 6.14. The molecule has 23 heavy (non-hydrogen) atoms. The van der Waals surface area contributed by atoms with Gasteiger partial charge in [0, 0.05) is 6.61 Å². The number of carbonyl (C=O) groups excluding carboxylic acids is 3. The average molecular weight is 323 g/mol. The Morgan fingerprint density at radius 3 is 2.26 bits per heavy atom. The number of fused-ring (bicyclic) bond motifs is 1. The lowest BCUT2D eigenvalue weighted by Crippen LogP contribution is -2.38. The number of rotatable bonds is 6. The molecule has 2 rings (SSSR count). The maximum Gasteiger partial charge on any atom is 0.346 e. The standard InChI is InChI=1S/C8H17NO3.C8H4O3/c1-3-5-9-7(4-6-10)8(11)12-2;9-7-5-3-1-2-4-6(5)8(10)11-7/h7,9-10H,3-6H2,1-2H3;1-4H. The summed E-state index contributed by atoms with van der Waals surface area (Å²) in [6, 6.07) is 6.17. The highest BCUT2D eigenvalue weighted by Crippen LogP contribution is 2.18. The van der Waals surface area contributed by atoms with Gasteiger partial charge in [0.05, 0.1) is 18.2 Å². The van der Waals surface area contributed by atoms with Gasteiger partial charge in [-0.15, -0.1) is 0 Å². The van der Waals surface area contributed by atoms with E-state index in [0.29, 0.717) is 17.5 Å². The highest BCUT2D eigenvalue weighted by atomic mass is 16.6. The van der Waals surface area contributed by atoms with E-state index in [4.69, 9.17) is 5.11 Å². The molecule has 0 aromatic heterocycles. The van der Waals surface area contributed by atoms with Crippen LogP contribution in [0.1, 0.15) is 40.5 Å². The van der Waals surface area contributed by atoms with E-state index in [-0.39, 0.29) is 18.6 Å². The summed E-state index contributed by atoms with van der Waals surface area (Å²) in [6.45, 7) is 2.77. The van der Waals surface area contributed by atoms with Gasteiger partial charge >= 0.3 is 17.9 Å². The van der Waals surface area contributed by atoms with Crippen LogP contribution in [0.4, 0.5) is 0 Å². The van der Waals surface area contributed by atoms with Crippen LogP contribution in [-0.2, 0) is 14.3 Å². The summed E-state index contributed by atoms with van der Waals surface area (Å²) in [4.78, 5) is 32.7. The van der Waals surface area contributed by atoms with Crippen molar-refractivity contribution in [1.82, 2.24) is 5.32 Å². The first-order valence-electron chi connectivity index (χ1n) is 7.32. The van der Waals surface area contributed by atoms with Crippen LogP contribution in [0.15, 0.2) is 24.3 Å². The van der Waals surface area contributed by atoms with E-state index in [2.05, 4.69) is 14.8 Å². The zero-order valence-corrected chi connectivity index (χ0v) is 13.2. The van der Waals surface area contributed by atoms with Crippen LogP contribution in [-0.4, -0.2) is 49.3 Å². The van der Waals surface area contributed by atoms with Gasteiger partial charge in [0.15, 0.2) is 0 Å². The molecule has 0 radical (unpaired) electrons. The molecule has 1 atom stereocenters. The molecule has 1 aliphatic heterocycles. The summed E-state index contributed by atoms with van der Waals surface area (Å²) in [7, 11) is 1.35. The maximum absolute atomic E-state index is 11.0. The van der Waals surface area contributed by atoms with Crippen LogP contribution in [0.5, 0.6) is 0 Å². The minimum absolute atomic E-state index is 0.00349. The van der Waals surface area contributed by atoms with E-state index in [1.807, 2.05) is 6.92 Å². The summed E-state index contributed by atoms with van der Waals surface area (Å²) in [5.41, 5.74) is 0.718. The van der Waals surface area contributed by atoms with Gasteiger partial charge in [-0.2, -0.15) is 0 Å². The van der Waals surface area contributed by atoms with E-state index < -0.39 is 11.9 Å². The third kappa shape index (κ3) is 5.46. The van der Waals surface area contributed by atoms with Crippen molar-refractivity contribution in [2.45, 2.75) is 25.8 Å². The van der Waals surface area contributed by atoms with Gasteiger partial charge in [0.1, 0.15) is 6.04 Å². The van der Waals surface area contributed by atoms with Crippen molar-refractivity contribution in [2.24, 2.45) is 0 Å². The second-order valence-corrected chi connectivity index (χ2v) is 4.76. The van der Waals surface area contributed by atoms with Crippen LogP contribution in [0.25, 0.3) is 0 Å². The molecular formula is C16H21NO6. The summed E-state index contributed by atoms with van der Waals surface area (Å²) < 4.78 is 8.90. The number of hydrogen-bond acceptors (Lipinski definition) is 7. The maximum atomic E-state index is 11.0. The molecule has 1 aromatic carbocycles. The number of aliphatic hydroxyl groups is 1. The monoisotopic (exact) mass is 323 g/mol. The molecule has 7 heteroatoms. The minimum atomic E-state index is -0.550. The van der Waals surface area contributed by atoms with Gasteiger partial charge in [-0.05, 0) is 31.5 Å². The van der Waals surface area contributed by atoms with Crippen LogP contribution in [0.3, 0.4) is 0 Å². The van der Waals surface area contributed by atoms with Gasteiger partial charge in [-0.3, -0.25) is 4.79 Å². The Bertz CT molecular complexity index is 524. The molecule has 0 spiro atoms. The van der Waals surface area contributed by atoms with E-state index in [9.17, 15) is 14.4 Å². The molecule has 0 saturated carbocycles. The Morgan fingerprint density at radius 1 is 1.26 bits per heavy atom. The second-order valence-electron chi connectivity index (χ2n) is 4.76. The van der Waals surface area contributed by atoms with Gasteiger partial charge in [-0.1, -0.05) is 19.1 Å². The molecule has 0 aliphatic carbocycles. The largest absolute Gasteiger partial charge is 0.468 e. The fraction of sp³-hybridized carbons (Fsp3) is 0.438. The van der Waals surface area contributed by atoms with Crippen molar-refractivity contribution < 1.29 is 29.0 Å². The number of nitrogens with one attached hydrogen (secondary N) is 1. The molecule has 0 bridgehead atoms. The number of methoxy groups -OCH3 is 1. The lowest BCUT2D eigenvalue weighted by molar-refractivity contribution is -0.143. The summed E-state index contributed by atoms with van der Waals surface area (Å²) in [5.74, 6) is -1.41. The van der Waals surface area contributed by atoms with Crippen LogP contribution < -0.4 is 5.32 Å². The molecule has 1 aliphatic rings. The van der Waals surface area contributed by atoms with Crippen molar-refractivity contribution in [3.05, 3.63) is 35.4 Å². The first kappa shape index (κ1) is 18.8. The zero-order chi connectivity index (χ0) is 17.2. The van der Waals surface area contributed by atoms with Crippen molar-refractivity contribution in [1.29, 1.82) is 0 Å². The third-order valence-corrected chi connectivity index (χ3v) is 3.10. The van der Waals surface area contributed by atoms with E-state index >= 15 is 0 Å². The lowest BCUT2D eigenvalue weighted by Gasteiger charge is -2.14. The third-order valence-electron chi connectivity index (χ3n) is 3.10. The lowest BCUT2D eigenvalue weighted by atomic mass is 10.1. The first-order chi connectivity index (χ1) is 11.0. The SMILES string of the molecule is CCCNC(CCO)C(=O)OC.O=C1OC(=O)c2ccccc21. The molecule has 0 amide bonds. The number of ether oxygens (including phenoxy) is 2. The zero-order valence-electron chi connectivity index (χ0n) is 13.2. The fourth-order valence-electron chi connectivity index (χ4n) is 1.93. The van der Waals surface area contributed by atoms with Crippen LogP contribution in [0.2, 0.25) is 0 Å². The fourth-order valence-corrected chi connectivity index (χ4v) is 1.93. The average Bonchev–Trinajstić information content (AvgIpc) is 2.86. The summed E-state index contributed by atoms with van der Waals surface area (Å²) in [6.07, 6.45) is 1.37. The topological polar surface area (TPSA) is 102 Å². The smallest absolute Gasteiger partial charge is 0.346 e. The minimum Gasteiger partial charge on any atom is -0.468 e. The van der Waals surface area contributed by atoms with Gasteiger partial charge in [0.2, 0.25) is 0 Å². The van der Waals surface area contributed by atoms with Crippen molar-refractivity contribution >= 4 is 17.9 Å². The van der Waals surface area contributed by atoms with Crippen LogP contribution in [0, 0.1) is 0 Å². The van der Waals surface area contributed by atoms with E-state index in [1.165, 1.54) is 7.11 Å². The molecular weight excluding hydrogens is 302 g/mol. The number of carbonyl (C=O) groups is 3. The number of hydrogen-bond donors (Lipinski definition) is 2. The second kappa shape index (κ2) is 9.70. The van der Waals surface area contributed by atoms with Crippen LogP contribution >= 0.6 is 0 Å². The Morgan fingerprint density at radius 2 is 1.83 bits per heavy atom. The predicted molar refractivity (Wildman–Crippen MR) is 82.0 cm³/mol. The van der Waals surface area contributed by atoms with E-state index in [0.717, 1.165) is 13.0 Å². The molecule has 2 N–H and O–H groups in total. The van der Waals surface area contributed by atoms with Gasteiger partial charge in [-0.25, -0.2) is 9.59 Å². The number of aliphatic hydroxyl groups excluding tert-OH is 1. The van der Waals surface area contributed by atoms with Gasteiger partial charge < -0.3 is 19.9 Å². The Balaban J connectivity index is 0.000000230. The van der Waals surface area contributed by atoms with Crippen molar-refractivity contribution in [2.75, 3.05) is 20.3 Å². The molecule has 1 heterocycles. The number of cyclic esters (lactones) is 2. The number of esters is 3. The highest BCUT2D eigenvalue weighted by Gasteiger charge is 2.28. The summed E-state index contributed by atoms with van der Waals surface area (Å²) in [5, 5.41) is 11.6. The Labute approximate surface area is 134 Å². The molecule has 7 nitrogen and oxygen atoms in total. The molecule has 0 saturated heterocycles.